The van der Waals surface area contributed by atoms with Crippen molar-refractivity contribution in [3.8, 4) is 11.1 Å². The van der Waals surface area contributed by atoms with Crippen molar-refractivity contribution >= 4 is 17.9 Å². The maximum atomic E-state index is 12.2. The Morgan fingerprint density at radius 3 is 2.92 bits per heavy atom. The highest BCUT2D eigenvalue weighted by molar-refractivity contribution is 5.89. The van der Waals surface area contributed by atoms with Gasteiger partial charge in [0.2, 0.25) is 5.91 Å². The molecule has 0 aliphatic carbocycles. The van der Waals surface area contributed by atoms with Gasteiger partial charge in [-0.25, -0.2) is 4.98 Å². The van der Waals surface area contributed by atoms with Crippen LogP contribution in [-0.2, 0) is 11.3 Å². The Kier molecular flexibility index (Phi) is 4.25. The Morgan fingerprint density at radius 1 is 1.23 bits per heavy atom. The number of rotatable bonds is 5. The minimum Gasteiger partial charge on any atom is -0.378 e. The van der Waals surface area contributed by atoms with Crippen molar-refractivity contribution < 1.29 is 4.79 Å². The van der Waals surface area contributed by atoms with Crippen molar-refractivity contribution in [1.29, 1.82) is 0 Å². The molecule has 0 saturated carbocycles. The average molecular weight is 348 g/mol. The van der Waals surface area contributed by atoms with E-state index >= 15 is 0 Å². The summed E-state index contributed by atoms with van der Waals surface area (Å²) in [5, 5.41) is 16.8. The highest BCUT2D eigenvalue weighted by Gasteiger charge is 2.11. The third kappa shape index (κ3) is 3.51. The van der Waals surface area contributed by atoms with Crippen LogP contribution >= 0.6 is 0 Å². The summed E-state index contributed by atoms with van der Waals surface area (Å²) in [6.45, 7) is 0.100. The second-order valence-electron chi connectivity index (χ2n) is 5.70. The van der Waals surface area contributed by atoms with Crippen molar-refractivity contribution in [3.63, 3.8) is 0 Å². The molecule has 4 heterocycles. The molecular formula is C17H16N8O. The molecule has 0 bridgehead atoms. The maximum Gasteiger partial charge on any atom is 0.247 e. The molecule has 9 heteroatoms. The van der Waals surface area contributed by atoms with Gasteiger partial charge in [0.05, 0.1) is 18.4 Å². The Morgan fingerprint density at radius 2 is 2.19 bits per heavy atom. The number of nitrogens with zero attached hydrogens (tertiary/aromatic N) is 5. The van der Waals surface area contributed by atoms with Gasteiger partial charge >= 0.3 is 0 Å². The molecule has 9 nitrogen and oxygen atoms in total. The van der Waals surface area contributed by atoms with Crippen LogP contribution < -0.4 is 10.6 Å². The summed E-state index contributed by atoms with van der Waals surface area (Å²) in [7, 11) is 0. The molecule has 0 fully saturated rings. The molecule has 0 saturated heterocycles. The largest absolute Gasteiger partial charge is 0.378 e. The summed E-state index contributed by atoms with van der Waals surface area (Å²) < 4.78 is 1.57. The van der Waals surface area contributed by atoms with Crippen LogP contribution in [0.4, 0.5) is 5.82 Å². The fourth-order valence-corrected chi connectivity index (χ4v) is 2.55. The Balaban J connectivity index is 1.36. The number of hydrogen-bond acceptors (Lipinski definition) is 6. The summed E-state index contributed by atoms with van der Waals surface area (Å²) in [5.41, 5.74) is 2.78. The van der Waals surface area contributed by atoms with E-state index in [0.29, 0.717) is 5.82 Å². The van der Waals surface area contributed by atoms with Crippen LogP contribution in [0, 0.1) is 0 Å². The van der Waals surface area contributed by atoms with Gasteiger partial charge < -0.3 is 10.6 Å². The molecule has 3 N–H and O–H groups in total. The molecule has 130 valence electrons. The number of carbonyl (C=O) groups is 1. The Bertz CT molecular complexity index is 940. The lowest BCUT2D eigenvalue weighted by molar-refractivity contribution is -0.116. The minimum atomic E-state index is -0.201. The zero-order valence-corrected chi connectivity index (χ0v) is 13.7. The lowest BCUT2D eigenvalue weighted by atomic mass is 10.1. The van der Waals surface area contributed by atoms with E-state index in [1.54, 1.807) is 60.3 Å². The summed E-state index contributed by atoms with van der Waals surface area (Å²) in [4.78, 5) is 20.6. The van der Waals surface area contributed by atoms with E-state index in [2.05, 4.69) is 35.9 Å². The van der Waals surface area contributed by atoms with Gasteiger partial charge in [0.25, 0.3) is 0 Å². The van der Waals surface area contributed by atoms with E-state index in [1.807, 2.05) is 6.07 Å². The molecule has 1 aliphatic rings. The molecule has 1 amide bonds. The zero-order chi connectivity index (χ0) is 17.8. The van der Waals surface area contributed by atoms with Crippen molar-refractivity contribution in [1.82, 2.24) is 30.3 Å². The molecule has 1 atom stereocenters. The highest BCUT2D eigenvalue weighted by atomic mass is 16.2. The normalized spacial score (nSPS) is 15.6. The standard InChI is InChI=1S/C17H16N8O/c26-17(11-25-10-14(8-23-25)13-6-21-22-7-13)24-16-2-1-12(5-20-16)15-9-18-3-4-19-15/h1-10,15,19H,11H2,(H,21,22)(H,20,24,26). The number of aliphatic imine (C=N–C) groups is 1. The van der Waals surface area contributed by atoms with Gasteiger partial charge in [-0.05, 0) is 11.6 Å². The van der Waals surface area contributed by atoms with Crippen LogP contribution in [0.1, 0.15) is 11.6 Å². The first kappa shape index (κ1) is 15.8. The predicted molar refractivity (Wildman–Crippen MR) is 96.2 cm³/mol. The first-order valence-electron chi connectivity index (χ1n) is 8.00. The molecule has 3 aromatic heterocycles. The number of nitrogens with one attached hydrogen (secondary N) is 3. The van der Waals surface area contributed by atoms with Gasteiger partial charge in [-0.3, -0.25) is 19.6 Å². The van der Waals surface area contributed by atoms with E-state index in [9.17, 15) is 4.79 Å². The lowest BCUT2D eigenvalue weighted by Crippen LogP contribution is -2.21. The number of amides is 1. The zero-order valence-electron chi connectivity index (χ0n) is 13.7. The third-order valence-corrected chi connectivity index (χ3v) is 3.85. The number of aromatic amines is 1. The number of anilines is 1. The van der Waals surface area contributed by atoms with Crippen molar-refractivity contribution in [2.45, 2.75) is 12.6 Å². The Labute approximate surface area is 148 Å². The summed E-state index contributed by atoms with van der Waals surface area (Å²) in [5.74, 6) is 0.289. The van der Waals surface area contributed by atoms with Gasteiger partial charge in [-0.2, -0.15) is 10.2 Å². The van der Waals surface area contributed by atoms with Gasteiger partial charge in [-0.15, -0.1) is 0 Å². The van der Waals surface area contributed by atoms with E-state index < -0.39 is 0 Å². The molecule has 1 aliphatic heterocycles. The van der Waals surface area contributed by atoms with Crippen LogP contribution in [0.25, 0.3) is 11.1 Å². The average Bonchev–Trinajstić information content (AvgIpc) is 3.35. The van der Waals surface area contributed by atoms with Gasteiger partial charge in [-0.1, -0.05) is 6.07 Å². The van der Waals surface area contributed by atoms with E-state index in [4.69, 9.17) is 0 Å². The molecule has 4 rings (SSSR count). The van der Waals surface area contributed by atoms with Crippen LogP contribution in [0.15, 0.2) is 60.5 Å². The predicted octanol–water partition coefficient (Wildman–Crippen LogP) is 1.49. The second-order valence-corrected chi connectivity index (χ2v) is 5.70. The molecule has 3 aromatic rings. The van der Waals surface area contributed by atoms with Gasteiger partial charge in [0.1, 0.15) is 12.4 Å². The Hall–Kier alpha value is -3.75. The second kappa shape index (κ2) is 7.01. The number of H-pyrrole nitrogens is 1. The van der Waals surface area contributed by atoms with E-state index in [0.717, 1.165) is 16.7 Å². The van der Waals surface area contributed by atoms with Crippen LogP contribution in [0.3, 0.4) is 0 Å². The van der Waals surface area contributed by atoms with Crippen molar-refractivity contribution in [2.75, 3.05) is 5.32 Å². The number of hydrogen-bond donors (Lipinski definition) is 3. The monoisotopic (exact) mass is 348 g/mol. The van der Waals surface area contributed by atoms with Crippen LogP contribution in [-0.4, -0.2) is 37.1 Å². The topological polar surface area (TPSA) is 113 Å². The fourth-order valence-electron chi connectivity index (χ4n) is 2.55. The molecule has 0 aromatic carbocycles. The first-order valence-corrected chi connectivity index (χ1v) is 8.00. The molecular weight excluding hydrogens is 332 g/mol. The summed E-state index contributed by atoms with van der Waals surface area (Å²) in [6.07, 6.45) is 13.9. The number of aromatic nitrogens is 5. The summed E-state index contributed by atoms with van der Waals surface area (Å²) >= 11 is 0. The van der Waals surface area contributed by atoms with E-state index in [-0.39, 0.29) is 18.5 Å². The molecule has 1 unspecified atom stereocenters. The number of pyridine rings is 1. The van der Waals surface area contributed by atoms with Crippen molar-refractivity contribution in [3.05, 3.63) is 61.1 Å². The molecule has 0 spiro atoms. The van der Waals surface area contributed by atoms with Crippen LogP contribution in [0.2, 0.25) is 0 Å². The minimum absolute atomic E-state index is 0.0114. The maximum absolute atomic E-state index is 12.2. The SMILES string of the molecule is O=C(Cn1cc(-c2cn[nH]c2)cn1)Nc1ccc(C2C=NC=CN2)cn1. The number of carbonyl (C=O) groups excluding carboxylic acids is 1. The summed E-state index contributed by atoms with van der Waals surface area (Å²) in [6, 6.07) is 3.65. The van der Waals surface area contributed by atoms with Crippen LogP contribution in [0.5, 0.6) is 0 Å². The van der Waals surface area contributed by atoms with Gasteiger partial charge in [0, 0.05) is 48.3 Å². The molecule has 0 radical (unpaired) electrons. The lowest BCUT2D eigenvalue weighted by Gasteiger charge is -2.15. The fraction of sp³-hybridized carbons (Fsp3) is 0.118. The van der Waals surface area contributed by atoms with Crippen molar-refractivity contribution in [2.24, 2.45) is 4.99 Å². The van der Waals surface area contributed by atoms with E-state index in [1.165, 1.54) is 0 Å². The first-order chi connectivity index (χ1) is 12.8. The smallest absolute Gasteiger partial charge is 0.247 e. The third-order valence-electron chi connectivity index (χ3n) is 3.85. The quantitative estimate of drug-likeness (QED) is 0.647. The molecule has 26 heavy (non-hydrogen) atoms. The van der Waals surface area contributed by atoms with Gasteiger partial charge in [0.15, 0.2) is 0 Å². The highest BCUT2D eigenvalue weighted by Crippen LogP contribution is 2.16.